The molecule has 1 unspecified atom stereocenters. The van der Waals surface area contributed by atoms with E-state index in [2.05, 4.69) is 0 Å². The lowest BCUT2D eigenvalue weighted by Gasteiger charge is -2.20. The number of carbonyl (C=O) groups excluding carboxylic acids is 1. The quantitative estimate of drug-likeness (QED) is 0.464. The minimum atomic E-state index is -2.52. The van der Waals surface area contributed by atoms with Gasteiger partial charge >= 0.3 is 16.3 Å². The third kappa shape index (κ3) is 3.35. The highest BCUT2D eigenvalue weighted by Crippen LogP contribution is 2.24. The molecule has 0 saturated heterocycles. The van der Waals surface area contributed by atoms with E-state index in [9.17, 15) is 9.59 Å². The molecule has 0 aliphatic rings. The summed E-state index contributed by atoms with van der Waals surface area (Å²) >= 11 is 10.5. The summed E-state index contributed by atoms with van der Waals surface area (Å²) in [5.41, 5.74) is 0. The molecule has 0 radical (unpaired) electrons. The second-order valence-electron chi connectivity index (χ2n) is 3.23. The van der Waals surface area contributed by atoms with Crippen molar-refractivity contribution in [3.8, 4) is 0 Å². The maximum absolute atomic E-state index is 11.2. The lowest BCUT2D eigenvalue weighted by molar-refractivity contribution is -0.157. The fourth-order valence-electron chi connectivity index (χ4n) is 0.466. The molecule has 0 aromatic rings. The number of alkyl halides is 2. The lowest BCUT2D eigenvalue weighted by atomic mass is 10.1. The number of carbonyl (C=O) groups is 2. The smallest absolute Gasteiger partial charge is 0.354 e. The molecule has 1 N–H and O–H groups in total. The zero-order valence-electron chi connectivity index (χ0n) is 8.08. The maximum Gasteiger partial charge on any atom is 0.354 e. The molecule has 1 atom stereocenters. The zero-order chi connectivity index (χ0) is 11.5. The van der Waals surface area contributed by atoms with Crippen LogP contribution in [0.3, 0.4) is 0 Å². The van der Waals surface area contributed by atoms with E-state index in [1.165, 1.54) is 0 Å². The summed E-state index contributed by atoms with van der Waals surface area (Å²) in [5, 5.41) is 8.50. The molecule has 0 aromatic carbocycles. The lowest BCUT2D eigenvalue weighted by Crippen LogP contribution is -2.39. The van der Waals surface area contributed by atoms with Crippen LogP contribution in [0.25, 0.3) is 0 Å². The Kier molecular flexibility index (Phi) is 4.68. The first-order valence-electron chi connectivity index (χ1n) is 4.02. The zero-order valence-corrected chi connectivity index (χ0v) is 9.59. The number of hydrogen-bond donors (Lipinski definition) is 1. The standard InChI is InChI=1S/C8H12Cl2O4/c1-4(2)5(3)14-7(13)8(9,10)6(11)12/h4-5H,1-3H3,(H,11,12). The second kappa shape index (κ2) is 4.84. The van der Waals surface area contributed by atoms with Crippen molar-refractivity contribution in [2.75, 3.05) is 0 Å². The fraction of sp³-hybridized carbons (Fsp3) is 0.750. The number of esters is 1. The van der Waals surface area contributed by atoms with Gasteiger partial charge in [-0.05, 0) is 12.8 Å². The minimum Gasteiger partial charge on any atom is -0.479 e. The Balaban J connectivity index is 4.43. The van der Waals surface area contributed by atoms with Crippen LogP contribution in [0, 0.1) is 5.92 Å². The Bertz CT molecular complexity index is 237. The Morgan fingerprint density at radius 3 is 2.00 bits per heavy atom. The van der Waals surface area contributed by atoms with Gasteiger partial charge in [-0.2, -0.15) is 0 Å². The minimum absolute atomic E-state index is 0.0666. The van der Waals surface area contributed by atoms with Crippen molar-refractivity contribution in [3.05, 3.63) is 0 Å². The first-order chi connectivity index (χ1) is 6.19. The van der Waals surface area contributed by atoms with Crippen LogP contribution < -0.4 is 0 Å². The summed E-state index contributed by atoms with van der Waals surface area (Å²) in [4.78, 5) is 21.6. The van der Waals surface area contributed by atoms with E-state index in [1.807, 2.05) is 13.8 Å². The van der Waals surface area contributed by atoms with Gasteiger partial charge in [0, 0.05) is 0 Å². The molecule has 0 spiro atoms. The van der Waals surface area contributed by atoms with Gasteiger partial charge in [-0.15, -0.1) is 0 Å². The van der Waals surface area contributed by atoms with Crippen LogP contribution in [-0.4, -0.2) is 27.5 Å². The van der Waals surface area contributed by atoms with Crippen LogP contribution in [0.4, 0.5) is 0 Å². The summed E-state index contributed by atoms with van der Waals surface area (Å²) in [6.07, 6.45) is -0.432. The molecule has 4 nitrogen and oxygen atoms in total. The SMILES string of the molecule is CC(C)C(C)OC(=O)C(Cl)(Cl)C(=O)O. The molecule has 14 heavy (non-hydrogen) atoms. The van der Waals surface area contributed by atoms with Crippen molar-refractivity contribution in [2.24, 2.45) is 5.92 Å². The predicted octanol–water partition coefficient (Wildman–Crippen LogP) is 1.83. The third-order valence-corrected chi connectivity index (χ3v) is 2.39. The van der Waals surface area contributed by atoms with E-state index in [4.69, 9.17) is 33.0 Å². The van der Waals surface area contributed by atoms with Gasteiger partial charge in [0.2, 0.25) is 0 Å². The van der Waals surface area contributed by atoms with Crippen molar-refractivity contribution in [3.63, 3.8) is 0 Å². The average molecular weight is 243 g/mol. The molecule has 82 valence electrons. The largest absolute Gasteiger partial charge is 0.479 e. The summed E-state index contributed by atoms with van der Waals surface area (Å²) < 4.78 is 2.23. The third-order valence-electron chi connectivity index (χ3n) is 1.76. The summed E-state index contributed by atoms with van der Waals surface area (Å²) in [6, 6.07) is 0. The van der Waals surface area contributed by atoms with Gasteiger partial charge < -0.3 is 9.84 Å². The molecule has 0 amide bonds. The number of carboxylic acid groups (broad SMARTS) is 1. The Labute approximate surface area is 92.1 Å². The predicted molar refractivity (Wildman–Crippen MR) is 52.5 cm³/mol. The number of hydrogen-bond acceptors (Lipinski definition) is 3. The first kappa shape index (κ1) is 13.5. The topological polar surface area (TPSA) is 63.6 Å². The van der Waals surface area contributed by atoms with E-state index >= 15 is 0 Å². The maximum atomic E-state index is 11.2. The van der Waals surface area contributed by atoms with Gasteiger partial charge in [0.15, 0.2) is 0 Å². The molecular formula is C8H12Cl2O4. The normalized spacial score (nSPS) is 13.9. The molecule has 0 aromatic heterocycles. The van der Waals surface area contributed by atoms with Gasteiger partial charge in [0.05, 0.1) is 0 Å². The summed E-state index contributed by atoms with van der Waals surface area (Å²) in [7, 11) is 0. The Morgan fingerprint density at radius 1 is 1.29 bits per heavy atom. The van der Waals surface area contributed by atoms with E-state index in [0.717, 1.165) is 0 Å². The van der Waals surface area contributed by atoms with Gasteiger partial charge in [-0.1, -0.05) is 37.0 Å². The number of rotatable bonds is 4. The Hall–Kier alpha value is -0.480. The number of carboxylic acids is 1. The number of ether oxygens (including phenoxy) is 1. The highest BCUT2D eigenvalue weighted by Gasteiger charge is 2.45. The molecule has 0 saturated carbocycles. The molecule has 0 fully saturated rings. The van der Waals surface area contributed by atoms with Crippen LogP contribution in [0.1, 0.15) is 20.8 Å². The van der Waals surface area contributed by atoms with Crippen LogP contribution in [-0.2, 0) is 14.3 Å². The molecular weight excluding hydrogens is 231 g/mol. The van der Waals surface area contributed by atoms with E-state index in [-0.39, 0.29) is 5.92 Å². The van der Waals surface area contributed by atoms with Crippen LogP contribution in [0.2, 0.25) is 0 Å². The summed E-state index contributed by atoms with van der Waals surface area (Å²) in [5.74, 6) is -2.73. The monoisotopic (exact) mass is 242 g/mol. The van der Waals surface area contributed by atoms with Gasteiger partial charge in [0.25, 0.3) is 0 Å². The molecule has 0 heterocycles. The van der Waals surface area contributed by atoms with Crippen molar-refractivity contribution in [2.45, 2.75) is 31.2 Å². The van der Waals surface area contributed by atoms with E-state index in [1.54, 1.807) is 6.92 Å². The molecule has 0 aliphatic carbocycles. The van der Waals surface area contributed by atoms with Gasteiger partial charge in [-0.25, -0.2) is 9.59 Å². The van der Waals surface area contributed by atoms with Crippen molar-refractivity contribution >= 4 is 35.1 Å². The first-order valence-corrected chi connectivity index (χ1v) is 4.77. The van der Waals surface area contributed by atoms with Gasteiger partial charge in [0.1, 0.15) is 6.10 Å². The number of aliphatic carboxylic acids is 1. The fourth-order valence-corrected chi connectivity index (χ4v) is 0.555. The number of halogens is 2. The Morgan fingerprint density at radius 2 is 1.71 bits per heavy atom. The van der Waals surface area contributed by atoms with Crippen molar-refractivity contribution < 1.29 is 19.4 Å². The molecule has 6 heteroatoms. The van der Waals surface area contributed by atoms with E-state index in [0.29, 0.717) is 0 Å². The second-order valence-corrected chi connectivity index (χ2v) is 4.56. The highest BCUT2D eigenvalue weighted by atomic mass is 35.5. The van der Waals surface area contributed by atoms with E-state index < -0.39 is 22.4 Å². The molecule has 0 rings (SSSR count). The van der Waals surface area contributed by atoms with Crippen molar-refractivity contribution in [1.82, 2.24) is 0 Å². The van der Waals surface area contributed by atoms with Crippen LogP contribution in [0.15, 0.2) is 0 Å². The van der Waals surface area contributed by atoms with Crippen LogP contribution in [0.5, 0.6) is 0 Å². The summed E-state index contributed by atoms with van der Waals surface area (Å²) in [6.45, 7) is 5.28. The van der Waals surface area contributed by atoms with Gasteiger partial charge in [-0.3, -0.25) is 0 Å². The molecule has 0 aliphatic heterocycles. The van der Waals surface area contributed by atoms with Crippen LogP contribution >= 0.6 is 23.2 Å². The molecule has 0 bridgehead atoms. The average Bonchev–Trinajstić information content (AvgIpc) is 2.03. The van der Waals surface area contributed by atoms with Crippen molar-refractivity contribution in [1.29, 1.82) is 0 Å². The highest BCUT2D eigenvalue weighted by molar-refractivity contribution is 6.66.